The van der Waals surface area contributed by atoms with Gasteiger partial charge in [-0.2, -0.15) is 0 Å². The average molecular weight is 373 g/mol. The van der Waals surface area contributed by atoms with Crippen molar-refractivity contribution >= 4 is 29.1 Å². The van der Waals surface area contributed by atoms with Gasteiger partial charge in [0.15, 0.2) is 0 Å². The first kappa shape index (κ1) is 18.2. The topological polar surface area (TPSA) is 65.5 Å². The van der Waals surface area contributed by atoms with Gasteiger partial charge in [0, 0.05) is 44.7 Å². The highest BCUT2D eigenvalue weighted by Crippen LogP contribution is 2.17. The first-order valence-electron chi connectivity index (χ1n) is 8.52. The van der Waals surface area contributed by atoms with Gasteiger partial charge in [-0.1, -0.05) is 29.8 Å². The number of nitrogens with one attached hydrogen (secondary N) is 1. The van der Waals surface area contributed by atoms with Gasteiger partial charge in [0.05, 0.1) is 11.9 Å². The standard InChI is InChI=1S/C19H21ClN4O2/c1-14(25)23-8-10-24(11-9-23)19(26)18-7-6-16(13-22-18)21-12-15-4-2-3-5-17(15)20/h2-7,13,21H,8-12H2,1H3. The van der Waals surface area contributed by atoms with Crippen molar-refractivity contribution in [1.82, 2.24) is 14.8 Å². The number of aromatic nitrogens is 1. The van der Waals surface area contributed by atoms with Crippen LogP contribution in [0, 0.1) is 0 Å². The summed E-state index contributed by atoms with van der Waals surface area (Å²) >= 11 is 6.14. The number of carbonyl (C=O) groups is 2. The van der Waals surface area contributed by atoms with Crippen molar-refractivity contribution < 1.29 is 9.59 Å². The van der Waals surface area contributed by atoms with Gasteiger partial charge < -0.3 is 15.1 Å². The van der Waals surface area contributed by atoms with Gasteiger partial charge in [-0.3, -0.25) is 9.59 Å². The zero-order chi connectivity index (χ0) is 18.5. The Morgan fingerprint density at radius 2 is 1.77 bits per heavy atom. The van der Waals surface area contributed by atoms with Crippen LogP contribution in [0.5, 0.6) is 0 Å². The maximum absolute atomic E-state index is 12.5. The van der Waals surface area contributed by atoms with Gasteiger partial charge in [-0.05, 0) is 23.8 Å². The van der Waals surface area contributed by atoms with Crippen molar-refractivity contribution in [2.24, 2.45) is 0 Å². The largest absolute Gasteiger partial charge is 0.380 e. The highest BCUT2D eigenvalue weighted by Gasteiger charge is 2.23. The molecular weight excluding hydrogens is 352 g/mol. The van der Waals surface area contributed by atoms with Gasteiger partial charge in [0.25, 0.3) is 5.91 Å². The molecule has 0 spiro atoms. The molecule has 6 nitrogen and oxygen atoms in total. The molecule has 0 saturated carbocycles. The van der Waals surface area contributed by atoms with E-state index in [0.717, 1.165) is 11.3 Å². The van der Waals surface area contributed by atoms with Crippen LogP contribution in [0.15, 0.2) is 42.6 Å². The van der Waals surface area contributed by atoms with Gasteiger partial charge in [0.2, 0.25) is 5.91 Å². The Kier molecular flexibility index (Phi) is 5.73. The maximum atomic E-state index is 12.5. The number of hydrogen-bond donors (Lipinski definition) is 1. The lowest BCUT2D eigenvalue weighted by atomic mass is 10.2. The summed E-state index contributed by atoms with van der Waals surface area (Å²) in [4.78, 5) is 31.7. The molecule has 1 aromatic heterocycles. The second kappa shape index (κ2) is 8.19. The molecule has 1 aliphatic rings. The molecule has 7 heteroatoms. The van der Waals surface area contributed by atoms with Gasteiger partial charge >= 0.3 is 0 Å². The van der Waals surface area contributed by atoms with Gasteiger partial charge in [-0.25, -0.2) is 4.98 Å². The Hall–Kier alpha value is -2.60. The molecule has 1 aliphatic heterocycles. The van der Waals surface area contributed by atoms with Crippen LogP contribution in [0.4, 0.5) is 5.69 Å². The van der Waals surface area contributed by atoms with Gasteiger partial charge in [-0.15, -0.1) is 0 Å². The molecule has 1 aromatic carbocycles. The second-order valence-corrected chi connectivity index (χ2v) is 6.58. The van der Waals surface area contributed by atoms with E-state index < -0.39 is 0 Å². The van der Waals surface area contributed by atoms with E-state index in [4.69, 9.17) is 11.6 Å². The summed E-state index contributed by atoms with van der Waals surface area (Å²) < 4.78 is 0. The molecule has 0 unspecified atom stereocenters. The van der Waals surface area contributed by atoms with Crippen molar-refractivity contribution in [2.45, 2.75) is 13.5 Å². The Morgan fingerprint density at radius 3 is 2.38 bits per heavy atom. The molecule has 2 aromatic rings. The molecule has 0 aliphatic carbocycles. The summed E-state index contributed by atoms with van der Waals surface area (Å²) in [5.41, 5.74) is 2.23. The SMILES string of the molecule is CC(=O)N1CCN(C(=O)c2ccc(NCc3ccccc3Cl)cn2)CC1. The Labute approximate surface area is 157 Å². The molecule has 1 fully saturated rings. The molecule has 2 heterocycles. The van der Waals surface area contributed by atoms with Crippen LogP contribution >= 0.6 is 11.6 Å². The predicted molar refractivity (Wildman–Crippen MR) is 101 cm³/mol. The highest BCUT2D eigenvalue weighted by molar-refractivity contribution is 6.31. The molecule has 26 heavy (non-hydrogen) atoms. The highest BCUT2D eigenvalue weighted by atomic mass is 35.5. The number of carbonyl (C=O) groups excluding carboxylic acids is 2. The Morgan fingerprint density at radius 1 is 1.08 bits per heavy atom. The second-order valence-electron chi connectivity index (χ2n) is 6.18. The monoisotopic (exact) mass is 372 g/mol. The molecule has 3 rings (SSSR count). The number of rotatable bonds is 4. The van der Waals surface area contributed by atoms with Crippen molar-refractivity contribution in [3.05, 3.63) is 58.9 Å². The first-order valence-corrected chi connectivity index (χ1v) is 8.90. The predicted octanol–water partition coefficient (Wildman–Crippen LogP) is 2.65. The molecular formula is C19H21ClN4O2. The van der Waals surface area contributed by atoms with E-state index in [0.29, 0.717) is 43.4 Å². The fraction of sp³-hybridized carbons (Fsp3) is 0.316. The van der Waals surface area contributed by atoms with Crippen LogP contribution in [0.1, 0.15) is 23.0 Å². The van der Waals surface area contributed by atoms with Crippen LogP contribution in [0.3, 0.4) is 0 Å². The molecule has 136 valence electrons. The third kappa shape index (κ3) is 4.32. The molecule has 1 N–H and O–H groups in total. The number of anilines is 1. The smallest absolute Gasteiger partial charge is 0.272 e. The molecule has 0 bridgehead atoms. The molecule has 2 amide bonds. The van der Waals surface area contributed by atoms with Crippen LogP contribution < -0.4 is 5.32 Å². The van der Waals surface area contributed by atoms with E-state index in [1.54, 1.807) is 29.0 Å². The lowest BCUT2D eigenvalue weighted by Gasteiger charge is -2.34. The van der Waals surface area contributed by atoms with E-state index in [2.05, 4.69) is 10.3 Å². The van der Waals surface area contributed by atoms with E-state index in [-0.39, 0.29) is 11.8 Å². The summed E-state index contributed by atoms with van der Waals surface area (Å²) in [5, 5.41) is 3.96. The number of piperazine rings is 1. The summed E-state index contributed by atoms with van der Waals surface area (Å²) in [5.74, 6) is -0.0602. The van der Waals surface area contributed by atoms with E-state index >= 15 is 0 Å². The van der Waals surface area contributed by atoms with Crippen molar-refractivity contribution in [3.63, 3.8) is 0 Å². The van der Waals surface area contributed by atoms with Crippen LogP contribution in [0.2, 0.25) is 5.02 Å². The summed E-state index contributed by atoms with van der Waals surface area (Å²) in [6, 6.07) is 11.2. The Bertz CT molecular complexity index is 786. The van der Waals surface area contributed by atoms with Crippen LogP contribution in [-0.4, -0.2) is 52.8 Å². The van der Waals surface area contributed by atoms with Crippen molar-refractivity contribution in [1.29, 1.82) is 0 Å². The number of halogens is 1. The lowest BCUT2D eigenvalue weighted by Crippen LogP contribution is -2.50. The Balaban J connectivity index is 1.56. The average Bonchev–Trinajstić information content (AvgIpc) is 2.67. The minimum absolute atomic E-state index is 0.0455. The lowest BCUT2D eigenvalue weighted by molar-refractivity contribution is -0.130. The fourth-order valence-electron chi connectivity index (χ4n) is 2.85. The number of amides is 2. The fourth-order valence-corrected chi connectivity index (χ4v) is 3.05. The van der Waals surface area contributed by atoms with Crippen molar-refractivity contribution in [3.8, 4) is 0 Å². The molecule has 0 atom stereocenters. The normalized spacial score (nSPS) is 14.2. The third-order valence-electron chi connectivity index (χ3n) is 4.44. The van der Waals surface area contributed by atoms with Gasteiger partial charge in [0.1, 0.15) is 5.69 Å². The van der Waals surface area contributed by atoms with Crippen molar-refractivity contribution in [2.75, 3.05) is 31.5 Å². The zero-order valence-electron chi connectivity index (χ0n) is 14.6. The van der Waals surface area contributed by atoms with E-state index in [1.165, 1.54) is 0 Å². The first-order chi connectivity index (χ1) is 12.5. The summed E-state index contributed by atoms with van der Waals surface area (Å²) in [6.07, 6.45) is 1.65. The summed E-state index contributed by atoms with van der Waals surface area (Å²) in [6.45, 7) is 4.34. The zero-order valence-corrected chi connectivity index (χ0v) is 15.4. The number of pyridine rings is 1. The molecule has 0 radical (unpaired) electrons. The quantitative estimate of drug-likeness (QED) is 0.896. The molecule has 1 saturated heterocycles. The maximum Gasteiger partial charge on any atom is 0.272 e. The number of nitrogens with zero attached hydrogens (tertiary/aromatic N) is 3. The number of benzene rings is 1. The summed E-state index contributed by atoms with van der Waals surface area (Å²) in [7, 11) is 0. The van der Waals surface area contributed by atoms with Crippen LogP contribution in [0.25, 0.3) is 0 Å². The number of hydrogen-bond acceptors (Lipinski definition) is 4. The van der Waals surface area contributed by atoms with Crippen LogP contribution in [-0.2, 0) is 11.3 Å². The third-order valence-corrected chi connectivity index (χ3v) is 4.80. The minimum atomic E-state index is -0.106. The van der Waals surface area contributed by atoms with E-state index in [1.807, 2.05) is 30.3 Å². The van der Waals surface area contributed by atoms with E-state index in [9.17, 15) is 9.59 Å². The minimum Gasteiger partial charge on any atom is -0.380 e.